The summed E-state index contributed by atoms with van der Waals surface area (Å²) in [5.41, 5.74) is -0.647. The van der Waals surface area contributed by atoms with Crippen molar-refractivity contribution in [2.24, 2.45) is 5.92 Å². The Balaban J connectivity index is 2.15. The summed E-state index contributed by atoms with van der Waals surface area (Å²) < 4.78 is 11.9. The van der Waals surface area contributed by atoms with Gasteiger partial charge in [0.1, 0.15) is 11.7 Å². The van der Waals surface area contributed by atoms with E-state index in [4.69, 9.17) is 9.47 Å². The molecule has 2 fully saturated rings. The Bertz CT molecular complexity index is 339. The summed E-state index contributed by atoms with van der Waals surface area (Å²) in [5.74, 6) is 0.133. The van der Waals surface area contributed by atoms with Gasteiger partial charge in [-0.1, -0.05) is 27.2 Å². The van der Waals surface area contributed by atoms with Crippen molar-refractivity contribution in [1.82, 2.24) is 0 Å². The van der Waals surface area contributed by atoms with E-state index in [9.17, 15) is 9.90 Å². The standard InChI is InChI=1S/C15H26O4/c1-4-11(9-16)8-14(5-2)10-15(6-3)12(18-14)7-13(17)19-15/h11-12,16H,4-10H2,1-3H3/t11-,12-,14-,15-/m1/s1. The molecule has 0 bridgehead atoms. The molecule has 2 aliphatic rings. The minimum Gasteiger partial charge on any atom is -0.456 e. The number of hydrogen-bond donors (Lipinski definition) is 1. The van der Waals surface area contributed by atoms with Crippen LogP contribution >= 0.6 is 0 Å². The first-order chi connectivity index (χ1) is 9.03. The van der Waals surface area contributed by atoms with Gasteiger partial charge in [0.25, 0.3) is 0 Å². The van der Waals surface area contributed by atoms with Gasteiger partial charge in [-0.15, -0.1) is 0 Å². The molecule has 4 heteroatoms. The minimum atomic E-state index is -0.416. The van der Waals surface area contributed by atoms with E-state index in [0.717, 1.165) is 32.1 Å². The molecule has 0 radical (unpaired) electrons. The van der Waals surface area contributed by atoms with Gasteiger partial charge in [0.05, 0.1) is 12.0 Å². The van der Waals surface area contributed by atoms with E-state index in [-0.39, 0.29) is 30.2 Å². The quantitative estimate of drug-likeness (QED) is 0.753. The summed E-state index contributed by atoms with van der Waals surface area (Å²) in [5, 5.41) is 9.42. The van der Waals surface area contributed by atoms with Crippen molar-refractivity contribution in [1.29, 1.82) is 0 Å². The zero-order valence-corrected chi connectivity index (χ0v) is 12.3. The van der Waals surface area contributed by atoms with Crippen LogP contribution < -0.4 is 0 Å². The van der Waals surface area contributed by atoms with Crippen LogP contribution in [0.25, 0.3) is 0 Å². The van der Waals surface area contributed by atoms with Crippen LogP contribution in [0.3, 0.4) is 0 Å². The van der Waals surface area contributed by atoms with E-state index in [1.54, 1.807) is 0 Å². The van der Waals surface area contributed by atoms with Crippen molar-refractivity contribution in [2.45, 2.75) is 76.6 Å². The SMILES string of the molecule is CC[C@@H](CO)C[C@]1(CC)C[C@@]2(CC)OC(=O)C[C@H]2O1. The number of rotatable bonds is 6. The van der Waals surface area contributed by atoms with Gasteiger partial charge in [-0.2, -0.15) is 0 Å². The number of aliphatic hydroxyl groups excluding tert-OH is 1. The lowest BCUT2D eigenvalue weighted by Crippen LogP contribution is -2.36. The van der Waals surface area contributed by atoms with Gasteiger partial charge in [0, 0.05) is 13.0 Å². The van der Waals surface area contributed by atoms with E-state index in [2.05, 4.69) is 20.8 Å². The van der Waals surface area contributed by atoms with E-state index in [1.165, 1.54) is 0 Å². The Kier molecular flexibility index (Phi) is 4.21. The van der Waals surface area contributed by atoms with Crippen molar-refractivity contribution >= 4 is 5.97 Å². The first-order valence-electron chi connectivity index (χ1n) is 7.53. The van der Waals surface area contributed by atoms with Crippen molar-refractivity contribution in [2.75, 3.05) is 6.61 Å². The van der Waals surface area contributed by atoms with Gasteiger partial charge in [-0.05, 0) is 25.2 Å². The molecule has 2 rings (SSSR count). The van der Waals surface area contributed by atoms with E-state index in [0.29, 0.717) is 6.42 Å². The molecule has 2 saturated heterocycles. The predicted octanol–water partition coefficient (Wildman–Crippen LogP) is 2.43. The summed E-state index contributed by atoms with van der Waals surface area (Å²) in [6.45, 7) is 6.47. The Labute approximate surface area is 115 Å². The molecule has 4 atom stereocenters. The van der Waals surface area contributed by atoms with Crippen LogP contribution in [-0.2, 0) is 14.3 Å². The van der Waals surface area contributed by atoms with E-state index >= 15 is 0 Å². The normalized spacial score (nSPS) is 39.2. The molecule has 0 aliphatic carbocycles. The number of carbonyl (C=O) groups excluding carboxylic acids is 1. The molecule has 2 aliphatic heterocycles. The molecule has 0 aromatic heterocycles. The molecule has 110 valence electrons. The maximum atomic E-state index is 11.5. The third-order valence-corrected chi connectivity index (χ3v) is 5.01. The smallest absolute Gasteiger partial charge is 0.309 e. The summed E-state index contributed by atoms with van der Waals surface area (Å²) >= 11 is 0. The lowest BCUT2D eigenvalue weighted by molar-refractivity contribution is -0.149. The second-order valence-electron chi connectivity index (χ2n) is 6.08. The number of fused-ring (bicyclic) bond motifs is 1. The van der Waals surface area contributed by atoms with Gasteiger partial charge in [-0.3, -0.25) is 4.79 Å². The van der Waals surface area contributed by atoms with Crippen molar-refractivity contribution in [3.8, 4) is 0 Å². The molecule has 0 saturated carbocycles. The zero-order valence-electron chi connectivity index (χ0n) is 12.3. The fraction of sp³-hybridized carbons (Fsp3) is 0.933. The van der Waals surface area contributed by atoms with Crippen LogP contribution in [0.4, 0.5) is 0 Å². The number of aliphatic hydroxyl groups is 1. The maximum absolute atomic E-state index is 11.5. The van der Waals surface area contributed by atoms with Gasteiger partial charge in [0.2, 0.25) is 0 Å². The molecular weight excluding hydrogens is 244 g/mol. The molecule has 0 unspecified atom stereocenters. The predicted molar refractivity (Wildman–Crippen MR) is 71.7 cm³/mol. The average molecular weight is 270 g/mol. The Hall–Kier alpha value is -0.610. The first kappa shape index (κ1) is 14.8. The molecule has 4 nitrogen and oxygen atoms in total. The monoisotopic (exact) mass is 270 g/mol. The Morgan fingerprint density at radius 3 is 2.58 bits per heavy atom. The molecule has 0 amide bonds. The van der Waals surface area contributed by atoms with Crippen LogP contribution in [0.2, 0.25) is 0 Å². The van der Waals surface area contributed by atoms with E-state index < -0.39 is 5.60 Å². The average Bonchev–Trinajstić information content (AvgIpc) is 2.86. The number of ether oxygens (including phenoxy) is 2. The van der Waals surface area contributed by atoms with Crippen LogP contribution in [0.1, 0.15) is 59.3 Å². The third-order valence-electron chi connectivity index (χ3n) is 5.01. The van der Waals surface area contributed by atoms with Crippen LogP contribution in [0, 0.1) is 5.92 Å². The largest absolute Gasteiger partial charge is 0.456 e. The lowest BCUT2D eigenvalue weighted by Gasteiger charge is -2.32. The molecular formula is C15H26O4. The molecule has 0 spiro atoms. The third kappa shape index (κ3) is 2.52. The number of hydrogen-bond acceptors (Lipinski definition) is 4. The van der Waals surface area contributed by atoms with Gasteiger partial charge in [0.15, 0.2) is 0 Å². The highest BCUT2D eigenvalue weighted by Gasteiger charge is 2.60. The van der Waals surface area contributed by atoms with E-state index in [1.807, 2.05) is 0 Å². The van der Waals surface area contributed by atoms with Crippen LogP contribution in [-0.4, -0.2) is 35.0 Å². The number of carbonyl (C=O) groups is 1. The van der Waals surface area contributed by atoms with Gasteiger partial charge < -0.3 is 14.6 Å². The zero-order chi connectivity index (χ0) is 14.1. The summed E-state index contributed by atoms with van der Waals surface area (Å²) in [6.07, 6.45) is 4.57. The topological polar surface area (TPSA) is 55.8 Å². The molecule has 2 heterocycles. The Morgan fingerprint density at radius 1 is 1.37 bits per heavy atom. The fourth-order valence-electron chi connectivity index (χ4n) is 3.62. The van der Waals surface area contributed by atoms with Crippen LogP contribution in [0.5, 0.6) is 0 Å². The summed E-state index contributed by atoms with van der Waals surface area (Å²) in [7, 11) is 0. The van der Waals surface area contributed by atoms with Gasteiger partial charge in [-0.25, -0.2) is 0 Å². The Morgan fingerprint density at radius 2 is 2.11 bits per heavy atom. The highest BCUT2D eigenvalue weighted by atomic mass is 16.6. The van der Waals surface area contributed by atoms with Gasteiger partial charge >= 0.3 is 5.97 Å². The number of esters is 1. The van der Waals surface area contributed by atoms with Crippen molar-refractivity contribution in [3.63, 3.8) is 0 Å². The lowest BCUT2D eigenvalue weighted by atomic mass is 9.79. The first-order valence-corrected chi connectivity index (χ1v) is 7.53. The molecule has 19 heavy (non-hydrogen) atoms. The highest BCUT2D eigenvalue weighted by Crippen LogP contribution is 2.51. The minimum absolute atomic E-state index is 0.0962. The highest BCUT2D eigenvalue weighted by molar-refractivity contribution is 5.73. The van der Waals surface area contributed by atoms with Crippen LogP contribution in [0.15, 0.2) is 0 Å². The fourth-order valence-corrected chi connectivity index (χ4v) is 3.62. The summed E-state index contributed by atoms with van der Waals surface area (Å²) in [4.78, 5) is 11.5. The second kappa shape index (κ2) is 5.41. The molecule has 0 aromatic carbocycles. The second-order valence-corrected chi connectivity index (χ2v) is 6.08. The molecule has 1 N–H and O–H groups in total. The molecule has 0 aromatic rings. The van der Waals surface area contributed by atoms with Crippen molar-refractivity contribution < 1.29 is 19.4 Å². The summed E-state index contributed by atoms with van der Waals surface area (Å²) in [6, 6.07) is 0. The maximum Gasteiger partial charge on any atom is 0.309 e. The van der Waals surface area contributed by atoms with Crippen molar-refractivity contribution in [3.05, 3.63) is 0 Å².